The van der Waals surface area contributed by atoms with Crippen molar-refractivity contribution in [2.24, 2.45) is 23.7 Å². The van der Waals surface area contributed by atoms with Gasteiger partial charge in [0, 0.05) is 18.9 Å². The van der Waals surface area contributed by atoms with Gasteiger partial charge < -0.3 is 19.7 Å². The van der Waals surface area contributed by atoms with E-state index in [4.69, 9.17) is 37.8 Å². The molecule has 0 radical (unpaired) electrons. The molecule has 6 atom stereocenters. The van der Waals surface area contributed by atoms with Gasteiger partial charge in [0.1, 0.15) is 5.69 Å². The van der Waals surface area contributed by atoms with E-state index in [1.807, 2.05) is 0 Å². The van der Waals surface area contributed by atoms with E-state index in [1.54, 1.807) is 0 Å². The lowest BCUT2D eigenvalue weighted by molar-refractivity contribution is -0.142. The molecule has 276 valence electrons. The van der Waals surface area contributed by atoms with Crippen molar-refractivity contribution in [1.29, 1.82) is 0 Å². The third-order valence-corrected chi connectivity index (χ3v) is 11.6. The van der Waals surface area contributed by atoms with Gasteiger partial charge in [-0.1, -0.05) is 23.8 Å². The molecule has 4 aliphatic rings. The van der Waals surface area contributed by atoms with Crippen LogP contribution in [0.15, 0.2) is 29.9 Å². The summed E-state index contributed by atoms with van der Waals surface area (Å²) in [4.78, 5) is 62.1. The van der Waals surface area contributed by atoms with Crippen LogP contribution in [0.1, 0.15) is 31.2 Å². The van der Waals surface area contributed by atoms with Crippen LogP contribution in [0.2, 0.25) is 0 Å². The fourth-order valence-corrected chi connectivity index (χ4v) is 8.60. The summed E-state index contributed by atoms with van der Waals surface area (Å²) in [5, 5.41) is 19.4. The average Bonchev–Trinajstić information content (AvgIpc) is 3.44. The number of aromatic hydroxyl groups is 1. The van der Waals surface area contributed by atoms with Gasteiger partial charge in [-0.05, 0) is 42.9 Å². The first-order valence-corrected chi connectivity index (χ1v) is 16.4. The van der Waals surface area contributed by atoms with Gasteiger partial charge in [-0.2, -0.15) is 0 Å². The van der Waals surface area contributed by atoms with Gasteiger partial charge in [0.05, 0.1) is 26.1 Å². The minimum absolute atomic E-state index is 0.0461. The van der Waals surface area contributed by atoms with E-state index in [9.17, 15) is 42.3 Å². The number of likely N-dealkylation sites (tertiary alicyclic amines) is 1. The van der Waals surface area contributed by atoms with Gasteiger partial charge >= 0.3 is 5.97 Å². The number of rotatable bonds is 9. The molecule has 3 fully saturated rings. The van der Waals surface area contributed by atoms with E-state index >= 15 is 8.78 Å². The molecular weight excluding hydrogens is 746 g/mol. The third-order valence-electron chi connectivity index (χ3n) is 10.1. The van der Waals surface area contributed by atoms with Gasteiger partial charge in [0.25, 0.3) is 11.8 Å². The smallest absolute Gasteiger partial charge is 0.303 e. The fourth-order valence-electron chi connectivity index (χ4n) is 7.71. The van der Waals surface area contributed by atoms with Gasteiger partial charge in [-0.25, -0.2) is 26.9 Å². The Morgan fingerprint density at radius 1 is 0.923 bits per heavy atom. The van der Waals surface area contributed by atoms with E-state index in [-0.39, 0.29) is 59.1 Å². The molecule has 0 aromatic heterocycles. The van der Waals surface area contributed by atoms with Crippen LogP contribution in [0, 0.1) is 52.8 Å². The van der Waals surface area contributed by atoms with Gasteiger partial charge in [-0.15, -0.1) is 23.2 Å². The zero-order valence-electron chi connectivity index (χ0n) is 27.0. The molecule has 2 aromatic carbocycles. The minimum Gasteiger partial charge on any atom is -0.502 e. The number of aliphatic carboxylic acids is 1. The Balaban J connectivity index is 1.52. The number of nitrogens with zero attached hydrogens (tertiary/aromatic N) is 2. The number of phenolic OH excluding ortho intramolecular Hbond substituents is 1. The Hall–Kier alpha value is -4.70. The first kappa shape index (κ1) is 37.1. The number of benzene rings is 2. The Bertz CT molecular complexity index is 1970. The summed E-state index contributed by atoms with van der Waals surface area (Å²) < 4.78 is 83.6. The molecule has 0 unspecified atom stereocenters. The number of hydrogen-bond acceptors (Lipinski definition) is 8. The number of fused-ring (bicyclic) bond motifs is 4. The molecule has 2 heterocycles. The van der Waals surface area contributed by atoms with Crippen LogP contribution in [0.4, 0.5) is 27.6 Å². The summed E-state index contributed by atoms with van der Waals surface area (Å²) >= 11 is 14.1. The Morgan fingerprint density at radius 2 is 1.50 bits per heavy atom. The molecule has 0 bridgehead atoms. The topological polar surface area (TPSA) is 151 Å². The highest BCUT2D eigenvalue weighted by Gasteiger charge is 2.76. The monoisotopic (exact) mass is 772 g/mol. The van der Waals surface area contributed by atoms with E-state index in [0.717, 1.165) is 4.90 Å². The van der Waals surface area contributed by atoms with Crippen LogP contribution in [-0.2, 0) is 24.0 Å². The summed E-state index contributed by atoms with van der Waals surface area (Å²) in [7, 11) is 2.52. The molecule has 52 heavy (non-hydrogen) atoms. The summed E-state index contributed by atoms with van der Waals surface area (Å²) in [6, 6.07) is 2.71. The van der Waals surface area contributed by atoms with Crippen LogP contribution in [0.5, 0.6) is 17.2 Å². The van der Waals surface area contributed by atoms with E-state index in [2.05, 4.69) is 0 Å². The summed E-state index contributed by atoms with van der Waals surface area (Å²) in [5.41, 5.74) is -1.42. The highest BCUT2D eigenvalue weighted by molar-refractivity contribution is 6.58. The van der Waals surface area contributed by atoms with Gasteiger partial charge in [-0.3, -0.25) is 28.9 Å². The lowest BCUT2D eigenvalue weighted by atomic mass is 9.57. The summed E-state index contributed by atoms with van der Waals surface area (Å²) in [5.74, 6) is -23.5. The number of phenols is 1. The average molecular weight is 773 g/mol. The number of carbonyl (C=O) groups excluding carboxylic acids is 4. The maximum atomic E-state index is 15.2. The van der Waals surface area contributed by atoms with E-state index in [1.165, 1.54) is 44.6 Å². The molecule has 2 aromatic rings. The van der Waals surface area contributed by atoms with Crippen LogP contribution in [0.3, 0.4) is 0 Å². The molecule has 2 N–H and O–H groups in total. The zero-order valence-corrected chi connectivity index (χ0v) is 28.5. The van der Waals surface area contributed by atoms with Gasteiger partial charge in [0.15, 0.2) is 44.5 Å². The standard InChI is InChI=1S/C34H27Cl2F5N2O9/c1-51-18-10-13(11-19(52-2)28(18)46)5-8-17-14-6-7-15-21(30(48)42(29(15)47)9-3-4-20(44)45)16(14)12-33(35)31(49)43(32(50)34(17,33)36)27-25(40)23(38)22(37)24(39)26(27)41/h5-6,8,10-11,15-17,21,46H,3-4,7,9,12H2,1-2H3,(H,44,45)/t15-,16+,17-,21-,33+,34-/m0/s1. The van der Waals surface area contributed by atoms with Crippen LogP contribution in [0.25, 0.3) is 6.08 Å². The van der Waals surface area contributed by atoms with Crippen molar-refractivity contribution < 1.29 is 65.6 Å². The highest BCUT2D eigenvalue weighted by Crippen LogP contribution is 2.64. The predicted molar refractivity (Wildman–Crippen MR) is 171 cm³/mol. The maximum Gasteiger partial charge on any atom is 0.303 e. The number of hydrogen-bond donors (Lipinski definition) is 2. The first-order valence-electron chi connectivity index (χ1n) is 15.6. The number of imide groups is 2. The number of alkyl halides is 2. The third kappa shape index (κ3) is 5.16. The second-order valence-electron chi connectivity index (χ2n) is 12.7. The second-order valence-corrected chi connectivity index (χ2v) is 13.9. The summed E-state index contributed by atoms with van der Waals surface area (Å²) in [6.45, 7) is -0.232. The van der Waals surface area contributed by atoms with Crippen molar-refractivity contribution in [2.75, 3.05) is 25.7 Å². The van der Waals surface area contributed by atoms with Crippen molar-refractivity contribution >= 4 is 64.6 Å². The van der Waals surface area contributed by atoms with Gasteiger partial charge in [0.2, 0.25) is 23.4 Å². The number of carboxylic acid groups (broad SMARTS) is 1. The predicted octanol–water partition coefficient (Wildman–Crippen LogP) is 5.08. The lowest BCUT2D eigenvalue weighted by Gasteiger charge is -2.49. The molecule has 2 aliphatic carbocycles. The van der Waals surface area contributed by atoms with Crippen molar-refractivity contribution in [3.63, 3.8) is 0 Å². The SMILES string of the molecule is COc1cc(C=C[C@H]2C3=CC[C@@H]4C(=O)N(CCCC(=O)O)C(=O)[C@@H]4[C@@H]3C[C@@]3(Cl)C(=O)N(c4c(F)c(F)c(F)c(F)c4F)C(=O)[C@@]23Cl)cc(OC)c1O. The molecule has 18 heteroatoms. The van der Waals surface area contributed by atoms with E-state index in [0.29, 0.717) is 0 Å². The quantitative estimate of drug-likeness (QED) is 0.0889. The number of amides is 4. The van der Waals surface area contributed by atoms with Crippen molar-refractivity contribution in [3.05, 3.63) is 64.5 Å². The van der Waals surface area contributed by atoms with Crippen LogP contribution in [-0.4, -0.2) is 75.2 Å². The summed E-state index contributed by atoms with van der Waals surface area (Å²) in [6.07, 6.45) is 2.99. The molecule has 6 rings (SSSR count). The normalized spacial score (nSPS) is 28.3. The molecule has 4 amide bonds. The highest BCUT2D eigenvalue weighted by atomic mass is 35.5. The lowest BCUT2D eigenvalue weighted by Crippen LogP contribution is -2.60. The Morgan fingerprint density at radius 3 is 2.06 bits per heavy atom. The largest absolute Gasteiger partial charge is 0.502 e. The molecule has 2 saturated heterocycles. The van der Waals surface area contributed by atoms with Crippen molar-refractivity contribution in [1.82, 2.24) is 4.90 Å². The van der Waals surface area contributed by atoms with Crippen molar-refractivity contribution in [3.8, 4) is 17.2 Å². The van der Waals surface area contributed by atoms with Crippen LogP contribution >= 0.6 is 23.2 Å². The Labute approximate surface area is 301 Å². The number of allylic oxidation sites excluding steroid dienone is 3. The number of ether oxygens (including phenoxy) is 2. The number of carbonyl (C=O) groups is 5. The number of halogens is 7. The van der Waals surface area contributed by atoms with Crippen LogP contribution < -0.4 is 14.4 Å². The number of methoxy groups -OCH3 is 2. The molecule has 11 nitrogen and oxygen atoms in total. The fraction of sp³-hybridized carbons (Fsp3) is 0.382. The first-order chi connectivity index (χ1) is 24.5. The van der Waals surface area contributed by atoms with Crippen molar-refractivity contribution in [2.45, 2.75) is 35.4 Å². The Kier molecular flexibility index (Phi) is 9.31. The number of carboxylic acids is 1. The van der Waals surface area contributed by atoms with E-state index < -0.39 is 104 Å². The molecule has 2 aliphatic heterocycles. The molecule has 1 saturated carbocycles. The molecular formula is C34H27Cl2F5N2O9. The minimum atomic E-state index is -2.71. The second kappa shape index (κ2) is 13.1. The zero-order chi connectivity index (χ0) is 38.2. The maximum absolute atomic E-state index is 15.2. The number of anilines is 1. The molecule has 0 spiro atoms.